The summed E-state index contributed by atoms with van der Waals surface area (Å²) in [5.74, 6) is -1.18. The summed E-state index contributed by atoms with van der Waals surface area (Å²) in [6, 6.07) is -0.132. The lowest BCUT2D eigenvalue weighted by molar-refractivity contribution is -0.137. The van der Waals surface area contributed by atoms with Crippen molar-refractivity contribution in [2.24, 2.45) is 0 Å². The molecule has 0 unspecified atom stereocenters. The van der Waals surface area contributed by atoms with Crippen LogP contribution in [-0.2, 0) is 14.8 Å². The van der Waals surface area contributed by atoms with E-state index in [4.69, 9.17) is 10.2 Å². The molecule has 0 bridgehead atoms. The van der Waals surface area contributed by atoms with E-state index in [-0.39, 0.29) is 37.8 Å². The molecule has 0 aliphatic heterocycles. The summed E-state index contributed by atoms with van der Waals surface area (Å²) >= 11 is 0. The first-order valence-electron chi connectivity index (χ1n) is 6.21. The fraction of sp³-hybridized carbons (Fsp3) is 0.909. The van der Waals surface area contributed by atoms with Gasteiger partial charge in [0, 0.05) is 19.0 Å². The molecule has 0 aromatic heterocycles. The van der Waals surface area contributed by atoms with Crippen molar-refractivity contribution < 1.29 is 23.4 Å². The number of aliphatic hydroxyl groups excluding tert-OH is 1. The minimum absolute atomic E-state index is 0.0712. The van der Waals surface area contributed by atoms with Gasteiger partial charge in [-0.25, -0.2) is 8.42 Å². The molecule has 0 fully saturated rings. The Kier molecular flexibility index (Phi) is 8.13. The predicted molar refractivity (Wildman–Crippen MR) is 68.8 cm³/mol. The summed E-state index contributed by atoms with van der Waals surface area (Å²) in [6.45, 7) is 3.63. The van der Waals surface area contributed by atoms with Crippen molar-refractivity contribution in [2.45, 2.75) is 45.6 Å². The Morgan fingerprint density at radius 1 is 1.28 bits per heavy atom. The zero-order chi connectivity index (χ0) is 14.2. The van der Waals surface area contributed by atoms with Gasteiger partial charge in [-0.1, -0.05) is 13.8 Å². The highest BCUT2D eigenvalue weighted by Gasteiger charge is 2.27. The molecular formula is C11H23NO5S. The van der Waals surface area contributed by atoms with Gasteiger partial charge < -0.3 is 10.2 Å². The maximum Gasteiger partial charge on any atom is 0.303 e. The number of carbonyl (C=O) groups is 1. The van der Waals surface area contributed by atoms with E-state index in [0.29, 0.717) is 12.8 Å². The Balaban J connectivity index is 4.70. The lowest BCUT2D eigenvalue weighted by Gasteiger charge is -2.28. The van der Waals surface area contributed by atoms with E-state index in [1.165, 1.54) is 4.31 Å². The number of aliphatic hydroxyl groups is 1. The Bertz CT molecular complexity index is 337. The number of aliphatic carboxylic acids is 1. The normalized spacial score (nSPS) is 12.3. The van der Waals surface area contributed by atoms with E-state index in [9.17, 15) is 13.2 Å². The van der Waals surface area contributed by atoms with E-state index < -0.39 is 16.0 Å². The fourth-order valence-corrected chi connectivity index (χ4v) is 3.72. The highest BCUT2D eigenvalue weighted by atomic mass is 32.2. The van der Waals surface area contributed by atoms with Crippen molar-refractivity contribution in [3.8, 4) is 0 Å². The molecule has 0 radical (unpaired) electrons. The molecule has 0 aromatic carbocycles. The van der Waals surface area contributed by atoms with E-state index in [1.54, 1.807) is 0 Å². The van der Waals surface area contributed by atoms with Gasteiger partial charge in [0.1, 0.15) is 0 Å². The predicted octanol–water partition coefficient (Wildman–Crippen LogP) is 0.664. The average molecular weight is 281 g/mol. The van der Waals surface area contributed by atoms with Gasteiger partial charge in [0.05, 0.1) is 12.4 Å². The maximum absolute atomic E-state index is 12.1. The van der Waals surface area contributed by atoms with Crippen LogP contribution in [0.4, 0.5) is 0 Å². The van der Waals surface area contributed by atoms with Crippen LogP contribution in [-0.4, -0.2) is 53.9 Å². The van der Waals surface area contributed by atoms with E-state index in [0.717, 1.165) is 0 Å². The van der Waals surface area contributed by atoms with Crippen LogP contribution in [0.3, 0.4) is 0 Å². The topological polar surface area (TPSA) is 94.9 Å². The Labute approximate surface area is 109 Å². The molecule has 0 atom stereocenters. The largest absolute Gasteiger partial charge is 0.481 e. The first-order valence-corrected chi connectivity index (χ1v) is 7.82. The molecule has 0 amide bonds. The molecular weight excluding hydrogens is 258 g/mol. The van der Waals surface area contributed by atoms with E-state index in [1.807, 2.05) is 13.8 Å². The van der Waals surface area contributed by atoms with Crippen LogP contribution in [0.2, 0.25) is 0 Å². The minimum atomic E-state index is -3.49. The minimum Gasteiger partial charge on any atom is -0.481 e. The smallest absolute Gasteiger partial charge is 0.303 e. The number of hydrogen-bond donors (Lipinski definition) is 2. The van der Waals surface area contributed by atoms with Gasteiger partial charge in [-0.05, 0) is 19.3 Å². The van der Waals surface area contributed by atoms with Crippen molar-refractivity contribution in [1.29, 1.82) is 0 Å². The molecule has 0 saturated carbocycles. The zero-order valence-electron chi connectivity index (χ0n) is 11.0. The second-order valence-electron chi connectivity index (χ2n) is 4.12. The maximum atomic E-state index is 12.1. The highest BCUT2D eigenvalue weighted by molar-refractivity contribution is 7.89. The van der Waals surface area contributed by atoms with E-state index in [2.05, 4.69) is 0 Å². The van der Waals surface area contributed by atoms with Crippen molar-refractivity contribution in [1.82, 2.24) is 4.31 Å². The second kappa shape index (κ2) is 8.44. The van der Waals surface area contributed by atoms with Gasteiger partial charge >= 0.3 is 5.97 Å². The van der Waals surface area contributed by atoms with Crippen molar-refractivity contribution >= 4 is 16.0 Å². The summed E-state index contributed by atoms with van der Waals surface area (Å²) < 4.78 is 25.5. The fourth-order valence-electron chi connectivity index (χ4n) is 1.87. The molecule has 0 rings (SSSR count). The summed E-state index contributed by atoms with van der Waals surface area (Å²) in [7, 11) is -3.49. The molecule has 2 N–H and O–H groups in total. The van der Waals surface area contributed by atoms with Crippen LogP contribution < -0.4 is 0 Å². The average Bonchev–Trinajstić information content (AvgIpc) is 2.28. The first kappa shape index (κ1) is 17.3. The Morgan fingerprint density at radius 3 is 2.22 bits per heavy atom. The summed E-state index contributed by atoms with van der Waals surface area (Å²) in [5.41, 5.74) is 0. The van der Waals surface area contributed by atoms with Gasteiger partial charge in [-0.15, -0.1) is 0 Å². The molecule has 0 aliphatic carbocycles. The number of rotatable bonds is 10. The van der Waals surface area contributed by atoms with Crippen LogP contribution >= 0.6 is 0 Å². The third-order valence-electron chi connectivity index (χ3n) is 2.82. The van der Waals surface area contributed by atoms with Crippen LogP contribution in [0.5, 0.6) is 0 Å². The summed E-state index contributed by atoms with van der Waals surface area (Å²) in [5, 5.41) is 17.5. The zero-order valence-corrected chi connectivity index (χ0v) is 11.8. The van der Waals surface area contributed by atoms with Crippen molar-refractivity contribution in [3.63, 3.8) is 0 Å². The molecule has 18 heavy (non-hydrogen) atoms. The number of hydrogen-bond acceptors (Lipinski definition) is 4. The summed E-state index contributed by atoms with van der Waals surface area (Å²) in [6.07, 6.45) is 1.29. The van der Waals surface area contributed by atoms with Crippen LogP contribution in [0.1, 0.15) is 39.5 Å². The first-order chi connectivity index (χ1) is 8.38. The molecule has 0 heterocycles. The van der Waals surface area contributed by atoms with Crippen molar-refractivity contribution in [3.05, 3.63) is 0 Å². The Morgan fingerprint density at radius 2 is 1.83 bits per heavy atom. The standard InChI is InChI=1S/C11H23NO5S/c1-3-10(4-2)12(7-8-13)18(16,17)9-5-6-11(14)15/h10,13H,3-9H2,1-2H3,(H,14,15). The van der Waals surface area contributed by atoms with E-state index >= 15 is 0 Å². The highest BCUT2D eigenvalue weighted by Crippen LogP contribution is 2.15. The van der Waals surface area contributed by atoms with Crippen molar-refractivity contribution in [2.75, 3.05) is 18.9 Å². The van der Waals surface area contributed by atoms with Gasteiger partial charge in [0.2, 0.25) is 10.0 Å². The monoisotopic (exact) mass is 281 g/mol. The molecule has 108 valence electrons. The number of nitrogens with zero attached hydrogens (tertiary/aromatic N) is 1. The number of carboxylic acid groups (broad SMARTS) is 1. The quantitative estimate of drug-likeness (QED) is 0.613. The third-order valence-corrected chi connectivity index (χ3v) is 4.82. The molecule has 0 saturated heterocycles. The van der Waals surface area contributed by atoms with Gasteiger partial charge in [-0.2, -0.15) is 4.31 Å². The molecule has 0 aromatic rings. The third kappa shape index (κ3) is 5.79. The van der Waals surface area contributed by atoms with Gasteiger partial charge in [0.25, 0.3) is 0 Å². The molecule has 7 heteroatoms. The van der Waals surface area contributed by atoms with Crippen LogP contribution in [0.15, 0.2) is 0 Å². The number of sulfonamides is 1. The number of carboxylic acids is 1. The van der Waals surface area contributed by atoms with Crippen LogP contribution in [0.25, 0.3) is 0 Å². The van der Waals surface area contributed by atoms with Gasteiger partial charge in [0.15, 0.2) is 0 Å². The molecule has 6 nitrogen and oxygen atoms in total. The lowest BCUT2D eigenvalue weighted by atomic mass is 10.2. The molecule has 0 aliphatic rings. The van der Waals surface area contributed by atoms with Crippen LogP contribution in [0, 0.1) is 0 Å². The molecule has 0 spiro atoms. The SMILES string of the molecule is CCC(CC)N(CCO)S(=O)(=O)CCCC(=O)O. The summed E-state index contributed by atoms with van der Waals surface area (Å²) in [4.78, 5) is 10.4. The second-order valence-corrected chi connectivity index (χ2v) is 6.16. The van der Waals surface area contributed by atoms with Gasteiger partial charge in [-0.3, -0.25) is 4.79 Å². The lowest BCUT2D eigenvalue weighted by Crippen LogP contribution is -2.42. The Hall–Kier alpha value is -0.660.